The molecule has 28 heavy (non-hydrogen) atoms. The molecule has 0 spiro atoms. The number of amides is 2. The highest BCUT2D eigenvalue weighted by Gasteiger charge is 2.22. The third-order valence-corrected chi connectivity index (χ3v) is 5.58. The van der Waals surface area contributed by atoms with Gasteiger partial charge in [-0.25, -0.2) is 0 Å². The van der Waals surface area contributed by atoms with Crippen LogP contribution in [0.4, 0.5) is 11.4 Å². The molecule has 0 radical (unpaired) electrons. The molecule has 0 saturated heterocycles. The normalized spacial score (nSPS) is 12.5. The number of ether oxygens (including phenoxy) is 1. The maximum Gasteiger partial charge on any atom is 0.262 e. The van der Waals surface area contributed by atoms with Crippen LogP contribution in [0.1, 0.15) is 10.4 Å². The van der Waals surface area contributed by atoms with Crippen molar-refractivity contribution in [3.63, 3.8) is 0 Å². The number of rotatable bonds is 4. The first-order chi connectivity index (χ1) is 13.6. The van der Waals surface area contributed by atoms with Gasteiger partial charge in [-0.05, 0) is 48.5 Å². The van der Waals surface area contributed by atoms with E-state index in [0.29, 0.717) is 27.7 Å². The van der Waals surface area contributed by atoms with Crippen LogP contribution in [0.15, 0.2) is 76.5 Å². The summed E-state index contributed by atoms with van der Waals surface area (Å²) in [6.45, 7) is -0.106. The molecule has 4 rings (SSSR count). The van der Waals surface area contributed by atoms with Crippen molar-refractivity contribution in [1.29, 1.82) is 0 Å². The van der Waals surface area contributed by atoms with E-state index in [1.807, 2.05) is 48.5 Å². The quantitative estimate of drug-likeness (QED) is 0.629. The average Bonchev–Trinajstić information content (AvgIpc) is 2.70. The minimum absolute atomic E-state index is 0.106. The molecule has 2 N–H and O–H groups in total. The van der Waals surface area contributed by atoms with Crippen molar-refractivity contribution in [3.8, 4) is 5.75 Å². The number of hydrogen-bond acceptors (Lipinski definition) is 4. The number of halogens is 1. The fourth-order valence-corrected chi connectivity index (χ4v) is 3.84. The van der Waals surface area contributed by atoms with Crippen LogP contribution in [0.5, 0.6) is 5.75 Å². The van der Waals surface area contributed by atoms with Gasteiger partial charge >= 0.3 is 0 Å². The van der Waals surface area contributed by atoms with E-state index in [2.05, 4.69) is 10.6 Å². The molecule has 7 heteroatoms. The van der Waals surface area contributed by atoms with Gasteiger partial charge in [0.1, 0.15) is 0 Å². The number of fused-ring (bicyclic) bond motifs is 1. The smallest absolute Gasteiger partial charge is 0.262 e. The van der Waals surface area contributed by atoms with Gasteiger partial charge in [0.05, 0.1) is 16.3 Å². The SMILES string of the molecule is O=C1COc2c(cccc2C(=O)Nc2ccc(Sc3ccccc3Cl)cc2)N1. The van der Waals surface area contributed by atoms with E-state index in [-0.39, 0.29) is 18.4 Å². The number of benzene rings is 3. The largest absolute Gasteiger partial charge is 0.481 e. The molecular weight excluding hydrogens is 396 g/mol. The van der Waals surface area contributed by atoms with Crippen LogP contribution in [0.25, 0.3) is 0 Å². The second kappa shape index (κ2) is 7.96. The molecule has 0 unspecified atom stereocenters. The Kier molecular flexibility index (Phi) is 5.23. The molecule has 0 aromatic heterocycles. The molecule has 5 nitrogen and oxygen atoms in total. The zero-order chi connectivity index (χ0) is 19.5. The Morgan fingerprint density at radius 1 is 1.04 bits per heavy atom. The fourth-order valence-electron chi connectivity index (χ4n) is 2.75. The third-order valence-electron chi connectivity index (χ3n) is 4.06. The van der Waals surface area contributed by atoms with Crippen LogP contribution >= 0.6 is 23.4 Å². The first-order valence-corrected chi connectivity index (χ1v) is 9.69. The van der Waals surface area contributed by atoms with Crippen molar-refractivity contribution in [2.75, 3.05) is 17.2 Å². The van der Waals surface area contributed by atoms with Crippen LogP contribution in [-0.4, -0.2) is 18.4 Å². The lowest BCUT2D eigenvalue weighted by molar-refractivity contribution is -0.118. The third kappa shape index (κ3) is 3.98. The van der Waals surface area contributed by atoms with Gasteiger partial charge in [-0.15, -0.1) is 0 Å². The number of para-hydroxylation sites is 1. The minimum Gasteiger partial charge on any atom is -0.481 e. The molecule has 140 valence electrons. The lowest BCUT2D eigenvalue weighted by Gasteiger charge is -2.20. The Bertz CT molecular complexity index is 1050. The summed E-state index contributed by atoms with van der Waals surface area (Å²) in [5.41, 5.74) is 1.52. The monoisotopic (exact) mass is 410 g/mol. The van der Waals surface area contributed by atoms with Gasteiger partial charge in [0, 0.05) is 15.5 Å². The first kappa shape index (κ1) is 18.4. The molecule has 2 amide bonds. The van der Waals surface area contributed by atoms with Gasteiger partial charge in [-0.3, -0.25) is 9.59 Å². The summed E-state index contributed by atoms with van der Waals surface area (Å²) in [6.07, 6.45) is 0. The topological polar surface area (TPSA) is 67.4 Å². The Morgan fingerprint density at radius 3 is 2.61 bits per heavy atom. The summed E-state index contributed by atoms with van der Waals surface area (Å²) < 4.78 is 5.43. The first-order valence-electron chi connectivity index (χ1n) is 8.49. The van der Waals surface area contributed by atoms with Crippen molar-refractivity contribution < 1.29 is 14.3 Å². The molecule has 3 aromatic carbocycles. The molecule has 0 fully saturated rings. The summed E-state index contributed by atoms with van der Waals surface area (Å²) in [4.78, 5) is 26.1. The van der Waals surface area contributed by atoms with Crippen molar-refractivity contribution >= 4 is 46.6 Å². The van der Waals surface area contributed by atoms with E-state index in [9.17, 15) is 9.59 Å². The van der Waals surface area contributed by atoms with Crippen molar-refractivity contribution in [2.45, 2.75) is 9.79 Å². The Morgan fingerprint density at radius 2 is 1.82 bits per heavy atom. The highest BCUT2D eigenvalue weighted by atomic mass is 35.5. The Balaban J connectivity index is 1.48. The zero-order valence-electron chi connectivity index (χ0n) is 14.6. The van der Waals surface area contributed by atoms with Crippen molar-refractivity contribution in [1.82, 2.24) is 0 Å². The van der Waals surface area contributed by atoms with Crippen LogP contribution < -0.4 is 15.4 Å². The lowest BCUT2D eigenvalue weighted by Crippen LogP contribution is -2.27. The predicted molar refractivity (Wildman–Crippen MR) is 111 cm³/mol. The van der Waals surface area contributed by atoms with Crippen molar-refractivity contribution in [2.24, 2.45) is 0 Å². The van der Waals surface area contributed by atoms with Crippen LogP contribution in [-0.2, 0) is 4.79 Å². The van der Waals surface area contributed by atoms with Crippen LogP contribution in [0.2, 0.25) is 5.02 Å². The van der Waals surface area contributed by atoms with Crippen molar-refractivity contribution in [3.05, 3.63) is 77.3 Å². The number of anilines is 2. The van der Waals surface area contributed by atoms with Gasteiger partial charge in [-0.2, -0.15) is 0 Å². The molecular formula is C21H15ClN2O3S. The van der Waals surface area contributed by atoms with E-state index in [1.165, 1.54) is 0 Å². The number of carbonyl (C=O) groups excluding carboxylic acids is 2. The molecule has 1 aliphatic rings. The summed E-state index contributed by atoms with van der Waals surface area (Å²) in [7, 11) is 0. The molecule has 1 heterocycles. The summed E-state index contributed by atoms with van der Waals surface area (Å²) in [5, 5.41) is 6.25. The molecule has 0 bridgehead atoms. The van der Waals surface area contributed by atoms with Gasteiger partial charge in [-0.1, -0.05) is 41.6 Å². The molecule has 0 atom stereocenters. The number of hydrogen-bond donors (Lipinski definition) is 2. The number of nitrogens with one attached hydrogen (secondary N) is 2. The van der Waals surface area contributed by atoms with E-state index in [4.69, 9.17) is 16.3 Å². The number of carbonyl (C=O) groups is 2. The predicted octanol–water partition coefficient (Wildman–Crippen LogP) is 5.07. The maximum atomic E-state index is 12.7. The summed E-state index contributed by atoms with van der Waals surface area (Å²) in [5.74, 6) is -0.165. The molecule has 3 aromatic rings. The van der Waals surface area contributed by atoms with E-state index in [1.54, 1.807) is 30.0 Å². The minimum atomic E-state index is -0.306. The highest BCUT2D eigenvalue weighted by Crippen LogP contribution is 2.34. The second-order valence-corrected chi connectivity index (χ2v) is 7.55. The van der Waals surface area contributed by atoms with Gasteiger partial charge in [0.2, 0.25) is 0 Å². The summed E-state index contributed by atoms with van der Waals surface area (Å²) in [6, 6.07) is 20.2. The molecule has 0 aliphatic carbocycles. The van der Waals surface area contributed by atoms with E-state index < -0.39 is 0 Å². The Labute approximate surface area is 171 Å². The second-order valence-electron chi connectivity index (χ2n) is 6.03. The zero-order valence-corrected chi connectivity index (χ0v) is 16.1. The van der Waals surface area contributed by atoms with E-state index in [0.717, 1.165) is 9.79 Å². The van der Waals surface area contributed by atoms with Gasteiger partial charge in [0.15, 0.2) is 12.4 Å². The lowest BCUT2D eigenvalue weighted by atomic mass is 10.1. The van der Waals surface area contributed by atoms with Crippen LogP contribution in [0.3, 0.4) is 0 Å². The van der Waals surface area contributed by atoms with Crippen LogP contribution in [0, 0.1) is 0 Å². The maximum absolute atomic E-state index is 12.7. The van der Waals surface area contributed by atoms with E-state index >= 15 is 0 Å². The Hall–Kier alpha value is -2.96. The standard InChI is InChI=1S/C21H15ClN2O3S/c22-16-5-1-2-7-18(16)28-14-10-8-13(9-11-14)23-21(26)15-4-3-6-17-20(15)27-12-19(25)24-17/h1-11H,12H2,(H,23,26)(H,24,25). The van der Waals surface area contributed by atoms with Gasteiger partial charge in [0.25, 0.3) is 11.8 Å². The molecule has 1 aliphatic heterocycles. The fraction of sp³-hybridized carbons (Fsp3) is 0.0476. The average molecular weight is 411 g/mol. The highest BCUT2D eigenvalue weighted by molar-refractivity contribution is 7.99. The van der Waals surface area contributed by atoms with Gasteiger partial charge < -0.3 is 15.4 Å². The molecule has 0 saturated carbocycles. The summed E-state index contributed by atoms with van der Waals surface area (Å²) >= 11 is 7.75.